The fraction of sp³-hybridized carbons (Fsp3) is 0. The molecule has 0 fully saturated rings. The Morgan fingerprint density at radius 3 is 1.91 bits per heavy atom. The number of fused-ring (bicyclic) bond motifs is 1. The number of aromatic hydroxyl groups is 1. The number of benzene rings is 3. The van der Waals surface area contributed by atoms with E-state index in [2.05, 4.69) is 10.2 Å². The first-order valence-corrected chi connectivity index (χ1v) is 11.9. The first kappa shape index (κ1) is 24.8. The van der Waals surface area contributed by atoms with Gasteiger partial charge in [-0.15, -0.1) is 22.9 Å². The van der Waals surface area contributed by atoms with Crippen LogP contribution in [0, 0.1) is 0 Å². The van der Waals surface area contributed by atoms with Crippen LogP contribution in [-0.4, -0.2) is 43.7 Å². The van der Waals surface area contributed by atoms with E-state index in [9.17, 15) is 31.0 Å². The molecule has 0 amide bonds. The molecule has 0 aliphatic carbocycles. The fourth-order valence-corrected chi connectivity index (χ4v) is 3.88. The highest BCUT2D eigenvalue weighted by Gasteiger charge is 2.19. The second-order valence-electron chi connectivity index (χ2n) is 5.87. The van der Waals surface area contributed by atoms with Crippen molar-refractivity contribution in [3.8, 4) is 5.75 Å². The molecule has 0 saturated carbocycles. The SMILES string of the molecule is Nc1ccc(S(=O)(=O)O)c(N=Nc2ccc3cccc(S(=O)(=O)O)c3c2O)c1.O=S(=O)=O. The number of phenolic OH excluding ortho intramolecular Hbond substituents is 1. The second kappa shape index (κ2) is 9.37. The van der Waals surface area contributed by atoms with Gasteiger partial charge in [0.25, 0.3) is 20.2 Å². The zero-order valence-corrected chi connectivity index (χ0v) is 18.0. The molecule has 0 unspecified atom stereocenters. The monoisotopic (exact) mass is 503 g/mol. The normalized spacial score (nSPS) is 11.8. The van der Waals surface area contributed by atoms with Crippen molar-refractivity contribution in [1.29, 1.82) is 0 Å². The number of hydrogen-bond acceptors (Lipinski definition) is 11. The zero-order chi connectivity index (χ0) is 24.3. The Morgan fingerprint density at radius 1 is 0.781 bits per heavy atom. The number of nitrogens with two attached hydrogens (primary N) is 1. The van der Waals surface area contributed by atoms with E-state index in [1.54, 1.807) is 0 Å². The minimum Gasteiger partial charge on any atom is -0.505 e. The largest absolute Gasteiger partial charge is 0.505 e. The van der Waals surface area contributed by atoms with Gasteiger partial charge in [0.1, 0.15) is 21.2 Å². The van der Waals surface area contributed by atoms with E-state index >= 15 is 0 Å². The molecule has 0 spiro atoms. The molecule has 0 aliphatic rings. The molecule has 5 N–H and O–H groups in total. The standard InChI is InChI=1S/C16H13N3O7S2.O3S/c17-10-5-7-13(27(21,22)23)12(8-10)19-18-11-6-4-9-2-1-3-14(28(24,25)26)15(9)16(11)20;1-4(2)3/h1-8,20H,17H2,(H,21,22,23)(H,24,25,26);. The summed E-state index contributed by atoms with van der Waals surface area (Å²) in [6, 6.07) is 10.2. The van der Waals surface area contributed by atoms with Crippen LogP contribution in [0.15, 0.2) is 68.6 Å². The first-order valence-electron chi connectivity index (χ1n) is 7.99. The maximum Gasteiger partial charge on any atom is 0.425 e. The number of nitrogen functional groups attached to an aromatic ring is 1. The molecule has 0 radical (unpaired) electrons. The molecule has 0 atom stereocenters. The van der Waals surface area contributed by atoms with Crippen LogP contribution in [0.25, 0.3) is 10.8 Å². The van der Waals surface area contributed by atoms with E-state index < -0.39 is 46.4 Å². The molecule has 0 aliphatic heterocycles. The molecule has 0 bridgehead atoms. The number of nitrogens with zero attached hydrogens (tertiary/aromatic N) is 2. The van der Waals surface area contributed by atoms with Crippen LogP contribution in [0.3, 0.4) is 0 Å². The van der Waals surface area contributed by atoms with Crippen molar-refractivity contribution in [2.75, 3.05) is 5.73 Å². The first-order chi connectivity index (χ1) is 14.7. The van der Waals surface area contributed by atoms with Crippen molar-refractivity contribution in [1.82, 2.24) is 0 Å². The maximum absolute atomic E-state index is 11.6. The fourth-order valence-electron chi connectivity index (χ4n) is 2.55. The summed E-state index contributed by atoms with van der Waals surface area (Å²) in [5.74, 6) is -0.591. The Bertz CT molecular complexity index is 1540. The Morgan fingerprint density at radius 2 is 1.34 bits per heavy atom. The molecule has 0 heterocycles. The van der Waals surface area contributed by atoms with Crippen molar-refractivity contribution in [2.24, 2.45) is 10.2 Å². The van der Waals surface area contributed by atoms with Crippen LogP contribution in [0.5, 0.6) is 5.75 Å². The molecular formula is C16H13N3O10S3. The minimum atomic E-state index is -4.63. The molecule has 0 aromatic heterocycles. The van der Waals surface area contributed by atoms with Crippen LogP contribution in [0.1, 0.15) is 0 Å². The van der Waals surface area contributed by atoms with Gasteiger partial charge in [-0.25, -0.2) is 0 Å². The lowest BCUT2D eigenvalue weighted by Gasteiger charge is -2.08. The van der Waals surface area contributed by atoms with E-state index in [1.165, 1.54) is 30.3 Å². The molecule has 3 aromatic rings. The summed E-state index contributed by atoms with van der Waals surface area (Å²) in [7, 11) is -12.3. The van der Waals surface area contributed by atoms with E-state index in [1.807, 2.05) is 0 Å². The number of anilines is 1. The average molecular weight is 503 g/mol. The highest BCUT2D eigenvalue weighted by atomic mass is 32.2. The summed E-state index contributed by atoms with van der Waals surface area (Å²) in [5, 5.41) is 18.0. The van der Waals surface area contributed by atoms with Crippen molar-refractivity contribution in [2.45, 2.75) is 9.79 Å². The lowest BCUT2D eigenvalue weighted by atomic mass is 10.1. The highest BCUT2D eigenvalue weighted by molar-refractivity contribution is 7.86. The summed E-state index contributed by atoms with van der Waals surface area (Å²) >= 11 is 0. The lowest BCUT2D eigenvalue weighted by molar-refractivity contribution is 0.474. The molecule has 16 heteroatoms. The topological polar surface area (TPSA) is 231 Å². The summed E-state index contributed by atoms with van der Waals surface area (Å²) in [6.07, 6.45) is 0. The quantitative estimate of drug-likeness (QED) is 0.228. The van der Waals surface area contributed by atoms with Crippen molar-refractivity contribution >= 4 is 58.7 Å². The third kappa shape index (κ3) is 6.05. The molecular weight excluding hydrogens is 490 g/mol. The van der Waals surface area contributed by atoms with E-state index in [-0.39, 0.29) is 22.4 Å². The van der Waals surface area contributed by atoms with Gasteiger partial charge in [-0.05, 0) is 35.7 Å². The minimum absolute atomic E-state index is 0.151. The number of hydrogen-bond donors (Lipinski definition) is 4. The summed E-state index contributed by atoms with van der Waals surface area (Å²) < 4.78 is 90.0. The van der Waals surface area contributed by atoms with Crippen LogP contribution < -0.4 is 5.73 Å². The maximum atomic E-state index is 11.6. The van der Waals surface area contributed by atoms with Gasteiger partial charge >= 0.3 is 10.6 Å². The third-order valence-electron chi connectivity index (χ3n) is 3.76. The zero-order valence-electron chi connectivity index (χ0n) is 15.5. The predicted molar refractivity (Wildman–Crippen MR) is 110 cm³/mol. The van der Waals surface area contributed by atoms with Crippen molar-refractivity contribution < 1.29 is 43.7 Å². The van der Waals surface area contributed by atoms with Crippen LogP contribution >= 0.6 is 0 Å². The molecule has 3 rings (SSSR count). The average Bonchev–Trinajstić information content (AvgIpc) is 2.65. The van der Waals surface area contributed by atoms with Gasteiger partial charge in [-0.3, -0.25) is 9.11 Å². The van der Waals surface area contributed by atoms with E-state index in [4.69, 9.17) is 18.4 Å². The molecule has 32 heavy (non-hydrogen) atoms. The smallest absolute Gasteiger partial charge is 0.425 e. The van der Waals surface area contributed by atoms with Gasteiger partial charge in [0.05, 0.1) is 0 Å². The Labute approximate surface area is 182 Å². The van der Waals surface area contributed by atoms with Crippen molar-refractivity contribution in [3.63, 3.8) is 0 Å². The predicted octanol–water partition coefficient (Wildman–Crippen LogP) is 2.03. The van der Waals surface area contributed by atoms with Gasteiger partial charge in [-0.2, -0.15) is 16.8 Å². The Balaban J connectivity index is 0.000000837. The molecule has 0 saturated heterocycles. The van der Waals surface area contributed by atoms with Gasteiger partial charge in [-0.1, -0.05) is 18.2 Å². The van der Waals surface area contributed by atoms with Crippen LogP contribution in [0.2, 0.25) is 0 Å². The number of azo groups is 1. The number of phenols is 1. The second-order valence-corrected chi connectivity index (χ2v) is 9.06. The lowest BCUT2D eigenvalue weighted by Crippen LogP contribution is -1.99. The van der Waals surface area contributed by atoms with E-state index in [0.29, 0.717) is 5.39 Å². The van der Waals surface area contributed by atoms with Crippen molar-refractivity contribution in [3.05, 3.63) is 48.5 Å². The van der Waals surface area contributed by atoms with E-state index in [0.717, 1.165) is 18.2 Å². The van der Waals surface area contributed by atoms with Gasteiger partial charge in [0.15, 0.2) is 5.75 Å². The van der Waals surface area contributed by atoms with Gasteiger partial charge in [0, 0.05) is 11.1 Å². The summed E-state index contributed by atoms with van der Waals surface area (Å²) in [4.78, 5) is -1.08. The highest BCUT2D eigenvalue weighted by Crippen LogP contribution is 2.39. The third-order valence-corrected chi connectivity index (χ3v) is 5.56. The summed E-state index contributed by atoms with van der Waals surface area (Å²) in [6.45, 7) is 0. The molecule has 170 valence electrons. The molecule has 13 nitrogen and oxygen atoms in total. The Kier molecular flexibility index (Phi) is 7.27. The van der Waals surface area contributed by atoms with Crippen LogP contribution in [0.4, 0.5) is 17.1 Å². The summed E-state index contributed by atoms with van der Waals surface area (Å²) in [5.41, 5.74) is 5.25. The Hall–Kier alpha value is -3.44. The molecule has 3 aromatic carbocycles. The van der Waals surface area contributed by atoms with Gasteiger partial charge < -0.3 is 10.8 Å². The van der Waals surface area contributed by atoms with Crippen LogP contribution in [-0.2, 0) is 30.8 Å². The number of rotatable bonds is 4. The van der Waals surface area contributed by atoms with Gasteiger partial charge in [0.2, 0.25) is 0 Å².